The van der Waals surface area contributed by atoms with Crippen LogP contribution in [0.2, 0.25) is 0 Å². The van der Waals surface area contributed by atoms with Gasteiger partial charge in [-0.05, 0) is 43.9 Å². The summed E-state index contributed by atoms with van der Waals surface area (Å²) in [5.74, 6) is 0.263. The molecule has 1 aliphatic rings. The van der Waals surface area contributed by atoms with E-state index in [-0.39, 0.29) is 11.9 Å². The van der Waals surface area contributed by atoms with Crippen LogP contribution in [0.1, 0.15) is 37.6 Å². The number of benzene rings is 1. The Bertz CT molecular complexity index is 980. The van der Waals surface area contributed by atoms with E-state index < -0.39 is 10.0 Å². The summed E-state index contributed by atoms with van der Waals surface area (Å²) in [5.41, 5.74) is 3.51. The van der Waals surface area contributed by atoms with Crippen LogP contribution in [0.5, 0.6) is 0 Å². The van der Waals surface area contributed by atoms with Crippen molar-refractivity contribution in [3.63, 3.8) is 0 Å². The molecule has 1 N–H and O–H groups in total. The van der Waals surface area contributed by atoms with Crippen molar-refractivity contribution in [1.29, 1.82) is 0 Å². The number of nitrogens with zero attached hydrogens (tertiary/aromatic N) is 2. The average Bonchev–Trinajstić information content (AvgIpc) is 3.03. The first-order valence-electron chi connectivity index (χ1n) is 8.96. The Hall–Kier alpha value is -1.93. The maximum Gasteiger partial charge on any atom is 0.232 e. The molecule has 1 amide bonds. The molecule has 0 saturated heterocycles. The fourth-order valence-electron chi connectivity index (χ4n) is 3.51. The molecule has 3 rings (SSSR count). The predicted octanol–water partition coefficient (Wildman–Crippen LogP) is 3.81. The lowest BCUT2D eigenvalue weighted by Gasteiger charge is -2.21. The average molecular weight is 408 g/mol. The zero-order valence-electron chi connectivity index (χ0n) is 16.2. The van der Waals surface area contributed by atoms with Crippen molar-refractivity contribution in [3.05, 3.63) is 28.6 Å². The fourth-order valence-corrected chi connectivity index (χ4v) is 5.63. The Morgan fingerprint density at radius 2 is 2.11 bits per heavy atom. The van der Waals surface area contributed by atoms with Gasteiger partial charge in [0.15, 0.2) is 5.13 Å². The molecular formula is C19H25N3O3S2. The van der Waals surface area contributed by atoms with Gasteiger partial charge in [-0.15, -0.1) is 11.3 Å². The van der Waals surface area contributed by atoms with Gasteiger partial charge in [0.2, 0.25) is 15.9 Å². The third-order valence-corrected chi connectivity index (χ3v) is 6.66. The van der Waals surface area contributed by atoms with Gasteiger partial charge in [0.05, 0.1) is 17.6 Å². The molecule has 0 radical (unpaired) electrons. The molecule has 1 aromatic carbocycles. The number of hydrogen-bond donors (Lipinski definition) is 1. The molecule has 1 unspecified atom stereocenters. The summed E-state index contributed by atoms with van der Waals surface area (Å²) in [7, 11) is -3.30. The van der Waals surface area contributed by atoms with Crippen molar-refractivity contribution >= 4 is 38.1 Å². The fraction of sp³-hybridized carbons (Fsp3) is 0.474. The molecule has 1 aliphatic heterocycles. The molecule has 27 heavy (non-hydrogen) atoms. The number of rotatable bonds is 5. The molecule has 2 aromatic rings. The van der Waals surface area contributed by atoms with E-state index in [9.17, 15) is 13.2 Å². The van der Waals surface area contributed by atoms with Crippen molar-refractivity contribution in [2.45, 2.75) is 46.6 Å². The maximum atomic E-state index is 12.1. The van der Waals surface area contributed by atoms with Crippen LogP contribution in [0.15, 0.2) is 18.2 Å². The summed E-state index contributed by atoms with van der Waals surface area (Å²) >= 11 is 1.45. The number of aromatic nitrogens is 1. The SMILES string of the molecule is Cc1sc(NC(=O)CC(C)C)nc1-c1ccc2c(c1)CC(C)N2S(C)(=O)=O. The normalized spacial score (nSPS) is 16.7. The minimum atomic E-state index is -3.30. The number of carbonyl (C=O) groups is 1. The maximum absolute atomic E-state index is 12.1. The van der Waals surface area contributed by atoms with E-state index >= 15 is 0 Å². The predicted molar refractivity (Wildman–Crippen MR) is 111 cm³/mol. The quantitative estimate of drug-likeness (QED) is 0.817. The second-order valence-corrected chi connectivity index (χ2v) is 10.6. The van der Waals surface area contributed by atoms with Crippen LogP contribution < -0.4 is 9.62 Å². The molecule has 0 aliphatic carbocycles. The third kappa shape index (κ3) is 4.16. The number of amides is 1. The van der Waals surface area contributed by atoms with Gasteiger partial charge in [-0.2, -0.15) is 0 Å². The van der Waals surface area contributed by atoms with E-state index in [1.807, 2.05) is 45.9 Å². The summed E-state index contributed by atoms with van der Waals surface area (Å²) in [6.45, 7) is 7.90. The molecule has 6 nitrogen and oxygen atoms in total. The molecule has 1 atom stereocenters. The first-order valence-corrected chi connectivity index (χ1v) is 11.6. The number of aryl methyl sites for hydroxylation is 1. The molecule has 146 valence electrons. The molecule has 0 spiro atoms. The van der Waals surface area contributed by atoms with Crippen LogP contribution in [0.3, 0.4) is 0 Å². The number of thiazole rings is 1. The van der Waals surface area contributed by atoms with Crippen LogP contribution >= 0.6 is 11.3 Å². The summed E-state index contributed by atoms with van der Waals surface area (Å²) in [6, 6.07) is 5.67. The standard InChI is InChI=1S/C19H25N3O3S2/c1-11(2)8-17(23)20-19-21-18(13(4)26-19)14-6-7-16-15(10-14)9-12(3)22(16)27(5,24)25/h6-7,10-12H,8-9H2,1-5H3,(H,20,21,23). The zero-order valence-corrected chi connectivity index (χ0v) is 17.9. The highest BCUT2D eigenvalue weighted by atomic mass is 32.2. The molecule has 2 heterocycles. The van der Waals surface area contributed by atoms with Gasteiger partial charge >= 0.3 is 0 Å². The van der Waals surface area contributed by atoms with Crippen LogP contribution in [0.4, 0.5) is 10.8 Å². The molecule has 0 saturated carbocycles. The van der Waals surface area contributed by atoms with E-state index in [4.69, 9.17) is 0 Å². The van der Waals surface area contributed by atoms with Gasteiger partial charge in [0, 0.05) is 22.9 Å². The number of anilines is 2. The number of nitrogens with one attached hydrogen (secondary N) is 1. The van der Waals surface area contributed by atoms with E-state index in [0.29, 0.717) is 23.9 Å². The van der Waals surface area contributed by atoms with Crippen LogP contribution in [-0.4, -0.2) is 31.6 Å². The first kappa shape index (κ1) is 19.8. The lowest BCUT2D eigenvalue weighted by atomic mass is 10.0. The summed E-state index contributed by atoms with van der Waals surface area (Å²) in [4.78, 5) is 17.6. The van der Waals surface area contributed by atoms with Crippen molar-refractivity contribution < 1.29 is 13.2 Å². The molecule has 8 heteroatoms. The Labute approximate surface area is 164 Å². The van der Waals surface area contributed by atoms with Gasteiger partial charge in [-0.1, -0.05) is 19.9 Å². The van der Waals surface area contributed by atoms with Gasteiger partial charge in [-0.25, -0.2) is 13.4 Å². The Kier molecular flexibility index (Phi) is 5.31. The van der Waals surface area contributed by atoms with Crippen LogP contribution in [0.25, 0.3) is 11.3 Å². The van der Waals surface area contributed by atoms with Gasteiger partial charge in [0.25, 0.3) is 0 Å². The summed E-state index contributed by atoms with van der Waals surface area (Å²) < 4.78 is 25.6. The van der Waals surface area contributed by atoms with E-state index in [2.05, 4.69) is 10.3 Å². The van der Waals surface area contributed by atoms with Crippen molar-refractivity contribution in [3.8, 4) is 11.3 Å². The van der Waals surface area contributed by atoms with Gasteiger partial charge in [-0.3, -0.25) is 9.10 Å². The van der Waals surface area contributed by atoms with Crippen molar-refractivity contribution in [2.24, 2.45) is 5.92 Å². The molecule has 1 aromatic heterocycles. The lowest BCUT2D eigenvalue weighted by molar-refractivity contribution is -0.116. The largest absolute Gasteiger partial charge is 0.302 e. The minimum absolute atomic E-state index is 0.0307. The Morgan fingerprint density at radius 1 is 1.41 bits per heavy atom. The van der Waals surface area contributed by atoms with E-state index in [1.165, 1.54) is 21.9 Å². The first-order chi connectivity index (χ1) is 12.6. The second kappa shape index (κ2) is 7.24. The van der Waals surface area contributed by atoms with Gasteiger partial charge < -0.3 is 5.32 Å². The van der Waals surface area contributed by atoms with E-state index in [0.717, 1.165) is 27.4 Å². The molecule has 0 bridgehead atoms. The highest BCUT2D eigenvalue weighted by molar-refractivity contribution is 7.92. The number of carbonyl (C=O) groups excluding carboxylic acids is 1. The smallest absolute Gasteiger partial charge is 0.232 e. The molecule has 0 fully saturated rings. The van der Waals surface area contributed by atoms with E-state index in [1.54, 1.807) is 0 Å². The topological polar surface area (TPSA) is 79.4 Å². The summed E-state index contributed by atoms with van der Waals surface area (Å²) in [6.07, 6.45) is 2.38. The minimum Gasteiger partial charge on any atom is -0.302 e. The van der Waals surface area contributed by atoms with Gasteiger partial charge in [0.1, 0.15) is 0 Å². The number of hydrogen-bond acceptors (Lipinski definition) is 5. The second-order valence-electron chi connectivity index (χ2n) is 7.53. The summed E-state index contributed by atoms with van der Waals surface area (Å²) in [5, 5.41) is 3.47. The Balaban J connectivity index is 1.89. The number of fused-ring (bicyclic) bond motifs is 1. The Morgan fingerprint density at radius 3 is 2.74 bits per heavy atom. The van der Waals surface area contributed by atoms with Crippen molar-refractivity contribution in [1.82, 2.24) is 4.98 Å². The highest BCUT2D eigenvalue weighted by Gasteiger charge is 2.32. The van der Waals surface area contributed by atoms with Crippen LogP contribution in [0, 0.1) is 12.8 Å². The monoisotopic (exact) mass is 407 g/mol. The highest BCUT2D eigenvalue weighted by Crippen LogP contribution is 2.38. The lowest BCUT2D eigenvalue weighted by Crippen LogP contribution is -2.34. The third-order valence-electron chi connectivity index (χ3n) is 4.50. The molecular weight excluding hydrogens is 382 g/mol. The number of sulfonamides is 1. The van der Waals surface area contributed by atoms with Crippen LogP contribution in [-0.2, 0) is 21.2 Å². The van der Waals surface area contributed by atoms with Crippen molar-refractivity contribution in [2.75, 3.05) is 15.9 Å². The zero-order chi connectivity index (χ0) is 19.9.